The molecule has 3 amide bonds. The number of hydrazone groups is 1. The molecule has 2 aromatic heterocycles. The van der Waals surface area contributed by atoms with Crippen molar-refractivity contribution in [1.29, 1.82) is 0 Å². The summed E-state index contributed by atoms with van der Waals surface area (Å²) in [6.45, 7) is 5.98. The van der Waals surface area contributed by atoms with Gasteiger partial charge in [-0.05, 0) is 82.3 Å². The van der Waals surface area contributed by atoms with Crippen LogP contribution >= 0.6 is 11.3 Å². The molecule has 0 spiro atoms. The number of thiophene rings is 1. The van der Waals surface area contributed by atoms with E-state index in [1.165, 1.54) is 4.88 Å². The van der Waals surface area contributed by atoms with Crippen molar-refractivity contribution < 1.29 is 14.4 Å². The Bertz CT molecular complexity index is 1640. The predicted octanol–water partition coefficient (Wildman–Crippen LogP) is 6.23. The Morgan fingerprint density at radius 3 is 2.31 bits per heavy atom. The van der Waals surface area contributed by atoms with Crippen LogP contribution in [0.25, 0.3) is 5.00 Å². The summed E-state index contributed by atoms with van der Waals surface area (Å²) in [7, 11) is 0. The number of anilines is 1. The maximum atomic E-state index is 13.7. The molecule has 0 fully saturated rings. The highest BCUT2D eigenvalue weighted by atomic mass is 32.1. The maximum Gasteiger partial charge on any atom is 0.282 e. The highest BCUT2D eigenvalue weighted by molar-refractivity contribution is 7.15. The summed E-state index contributed by atoms with van der Waals surface area (Å²) in [6, 6.07) is 16.5. The minimum absolute atomic E-state index is 0.109. The number of nitrogens with one attached hydrogen (secondary N) is 1. The number of benzene rings is 2. The first kappa shape index (κ1) is 25.0. The third-order valence-corrected chi connectivity index (χ3v) is 8.72. The minimum atomic E-state index is -0.429. The van der Waals surface area contributed by atoms with Crippen molar-refractivity contribution in [3.8, 4) is 5.00 Å². The second-order valence-corrected chi connectivity index (χ2v) is 11.2. The largest absolute Gasteiger partial charge is 0.322 e. The molecule has 0 bridgehead atoms. The highest BCUT2D eigenvalue weighted by Crippen LogP contribution is 2.39. The third kappa shape index (κ3) is 4.30. The molecule has 7 nitrogen and oxygen atoms in total. The van der Waals surface area contributed by atoms with Gasteiger partial charge in [-0.15, -0.1) is 11.3 Å². The van der Waals surface area contributed by atoms with Crippen LogP contribution in [-0.2, 0) is 12.8 Å². The van der Waals surface area contributed by atoms with Gasteiger partial charge in [0.15, 0.2) is 0 Å². The first-order chi connectivity index (χ1) is 18.8. The molecule has 1 aliphatic carbocycles. The van der Waals surface area contributed by atoms with Crippen molar-refractivity contribution in [3.63, 3.8) is 0 Å². The summed E-state index contributed by atoms with van der Waals surface area (Å²) >= 11 is 1.67. The summed E-state index contributed by atoms with van der Waals surface area (Å²) in [4.78, 5) is 40.5. The number of amides is 3. The molecule has 8 heteroatoms. The van der Waals surface area contributed by atoms with Gasteiger partial charge in [0.05, 0.1) is 22.9 Å². The fourth-order valence-electron chi connectivity index (χ4n) is 5.41. The zero-order chi connectivity index (χ0) is 27.3. The predicted molar refractivity (Wildman–Crippen MR) is 153 cm³/mol. The number of hydrogen-bond donors (Lipinski definition) is 1. The first-order valence-corrected chi connectivity index (χ1v) is 13.9. The van der Waals surface area contributed by atoms with E-state index in [9.17, 15) is 14.4 Å². The van der Waals surface area contributed by atoms with Gasteiger partial charge in [0.2, 0.25) is 0 Å². The molecule has 0 atom stereocenters. The number of rotatable bonds is 5. The number of carbonyl (C=O) groups is 3. The van der Waals surface area contributed by atoms with Crippen LogP contribution in [0.4, 0.5) is 5.69 Å². The average Bonchev–Trinajstić information content (AvgIpc) is 3.53. The highest BCUT2D eigenvalue weighted by Gasteiger charge is 2.35. The van der Waals surface area contributed by atoms with E-state index >= 15 is 0 Å². The summed E-state index contributed by atoms with van der Waals surface area (Å²) in [6.07, 6.45) is 5.60. The zero-order valence-electron chi connectivity index (χ0n) is 22.1. The molecule has 2 aromatic carbocycles. The van der Waals surface area contributed by atoms with E-state index < -0.39 is 11.8 Å². The second kappa shape index (κ2) is 9.78. The van der Waals surface area contributed by atoms with Gasteiger partial charge in [-0.25, -0.2) is 0 Å². The van der Waals surface area contributed by atoms with Crippen molar-refractivity contribution in [2.45, 2.75) is 46.5 Å². The van der Waals surface area contributed by atoms with Crippen LogP contribution in [0.15, 0.2) is 59.7 Å². The van der Waals surface area contributed by atoms with Gasteiger partial charge in [-0.2, -0.15) is 10.1 Å². The molecular formula is C31H28N4O3S. The zero-order valence-corrected chi connectivity index (χ0v) is 22.9. The molecule has 3 heterocycles. The number of aromatic nitrogens is 1. The van der Waals surface area contributed by atoms with Crippen molar-refractivity contribution in [2.24, 2.45) is 5.10 Å². The molecule has 1 aliphatic heterocycles. The average molecular weight is 537 g/mol. The topological polar surface area (TPSA) is 83.8 Å². The smallest absolute Gasteiger partial charge is 0.282 e. The molecule has 0 saturated carbocycles. The summed E-state index contributed by atoms with van der Waals surface area (Å²) in [5.74, 6) is -0.967. The molecule has 1 N–H and O–H groups in total. The lowest BCUT2D eigenvalue weighted by atomic mass is 9.95. The fourth-order valence-corrected chi connectivity index (χ4v) is 6.90. The van der Waals surface area contributed by atoms with Crippen molar-refractivity contribution in [3.05, 3.63) is 104 Å². The Hall–Kier alpha value is -4.30. The number of nitrogens with zero attached hydrogens (tertiary/aromatic N) is 3. The van der Waals surface area contributed by atoms with E-state index in [1.54, 1.807) is 41.8 Å². The molecule has 0 radical (unpaired) electrons. The number of hydrogen-bond acceptors (Lipinski definition) is 5. The number of fused-ring (bicyclic) bond motifs is 2. The van der Waals surface area contributed by atoms with Crippen molar-refractivity contribution in [1.82, 2.24) is 9.58 Å². The van der Waals surface area contributed by atoms with Gasteiger partial charge in [0, 0.05) is 27.5 Å². The Morgan fingerprint density at radius 1 is 0.949 bits per heavy atom. The lowest BCUT2D eigenvalue weighted by Crippen LogP contribution is -2.24. The lowest BCUT2D eigenvalue weighted by Gasteiger charge is -2.14. The van der Waals surface area contributed by atoms with Crippen LogP contribution in [0.1, 0.15) is 76.9 Å². The molecule has 2 aliphatic rings. The molecule has 6 rings (SSSR count). The molecule has 0 unspecified atom stereocenters. The van der Waals surface area contributed by atoms with Gasteiger partial charge >= 0.3 is 0 Å². The maximum absolute atomic E-state index is 13.7. The standard InChI is InChI=1S/C31H28N4O3S/c1-18-12-14-22(15-13-18)33-28(36)27-25-10-6-7-11-26(25)39-31(27)34-19(2)16-21(20(34)3)17-32-35-29(37)23-8-4-5-9-24(23)30(35)38/h4-5,8-9,12-17H,6-7,10-11H2,1-3H3,(H,33,36)/b32-17-. The van der Waals surface area contributed by atoms with E-state index in [1.807, 2.05) is 51.1 Å². The van der Waals surface area contributed by atoms with Crippen LogP contribution in [0.3, 0.4) is 0 Å². The Kier molecular flexibility index (Phi) is 6.27. The summed E-state index contributed by atoms with van der Waals surface area (Å²) in [5, 5.41) is 9.20. The number of imide groups is 1. The van der Waals surface area contributed by atoms with Crippen LogP contribution in [0.2, 0.25) is 0 Å². The van der Waals surface area contributed by atoms with E-state index in [0.29, 0.717) is 11.1 Å². The Morgan fingerprint density at radius 2 is 1.62 bits per heavy atom. The van der Waals surface area contributed by atoms with Crippen molar-refractivity contribution >= 4 is 41.0 Å². The summed E-state index contributed by atoms with van der Waals surface area (Å²) < 4.78 is 2.09. The van der Waals surface area contributed by atoms with Crippen molar-refractivity contribution in [2.75, 3.05) is 5.32 Å². The number of aryl methyl sites for hydroxylation is 3. The third-order valence-electron chi connectivity index (χ3n) is 7.45. The quantitative estimate of drug-likeness (QED) is 0.243. The van der Waals surface area contributed by atoms with Crippen LogP contribution in [-0.4, -0.2) is 33.5 Å². The van der Waals surface area contributed by atoms with Crippen LogP contribution in [0.5, 0.6) is 0 Å². The van der Waals surface area contributed by atoms with Gasteiger partial charge in [-0.1, -0.05) is 29.8 Å². The van der Waals surface area contributed by atoms with E-state index in [2.05, 4.69) is 15.0 Å². The van der Waals surface area contributed by atoms with Gasteiger partial charge in [-0.3, -0.25) is 14.4 Å². The van der Waals surface area contributed by atoms with E-state index in [4.69, 9.17) is 0 Å². The van der Waals surface area contributed by atoms with E-state index in [-0.39, 0.29) is 5.91 Å². The Balaban J connectivity index is 1.36. The first-order valence-electron chi connectivity index (χ1n) is 13.1. The second-order valence-electron chi connectivity index (χ2n) is 10.1. The van der Waals surface area contributed by atoms with Gasteiger partial charge < -0.3 is 9.88 Å². The van der Waals surface area contributed by atoms with Gasteiger partial charge in [0.1, 0.15) is 5.00 Å². The monoisotopic (exact) mass is 536 g/mol. The molecular weight excluding hydrogens is 508 g/mol. The molecule has 39 heavy (non-hydrogen) atoms. The van der Waals surface area contributed by atoms with Gasteiger partial charge in [0.25, 0.3) is 17.7 Å². The summed E-state index contributed by atoms with van der Waals surface area (Å²) in [5.41, 5.74) is 7.09. The van der Waals surface area contributed by atoms with Crippen LogP contribution in [0, 0.1) is 20.8 Å². The van der Waals surface area contributed by atoms with E-state index in [0.717, 1.165) is 75.0 Å². The minimum Gasteiger partial charge on any atom is -0.322 e. The normalized spacial score (nSPS) is 14.7. The molecule has 196 valence electrons. The molecule has 0 saturated heterocycles. The SMILES string of the molecule is Cc1ccc(NC(=O)c2c(-n3c(C)cc(/C=N\N4C(=O)c5ccccc5C4=O)c3C)sc3c2CCCC3)cc1. The van der Waals surface area contributed by atoms with Crippen LogP contribution < -0.4 is 5.32 Å². The number of carbonyl (C=O) groups excluding carboxylic acids is 3. The fraction of sp³-hybridized carbons (Fsp3) is 0.226. The molecule has 4 aromatic rings. The Labute approximate surface area is 230 Å². The lowest BCUT2D eigenvalue weighted by molar-refractivity contribution is 0.0659.